The molecule has 2 heterocycles. The summed E-state index contributed by atoms with van der Waals surface area (Å²) in [6.45, 7) is 0.677. The van der Waals surface area contributed by atoms with E-state index < -0.39 is 0 Å². The third-order valence-corrected chi connectivity index (χ3v) is 1.96. The van der Waals surface area contributed by atoms with Gasteiger partial charge in [0.1, 0.15) is 11.9 Å². The van der Waals surface area contributed by atoms with Crippen molar-refractivity contribution in [2.24, 2.45) is 0 Å². The van der Waals surface area contributed by atoms with Gasteiger partial charge in [-0.05, 0) is 18.2 Å². The minimum Gasteiger partial charge on any atom is -0.622 e. The van der Waals surface area contributed by atoms with Crippen LogP contribution < -0.4 is 0 Å². The highest BCUT2D eigenvalue weighted by Crippen LogP contribution is 2.28. The van der Waals surface area contributed by atoms with Crippen LogP contribution in [0.25, 0.3) is 0 Å². The molecule has 0 bridgehead atoms. The van der Waals surface area contributed by atoms with Crippen LogP contribution in [-0.2, 0) is 0 Å². The van der Waals surface area contributed by atoms with Crippen molar-refractivity contribution in [1.82, 2.24) is 0 Å². The van der Waals surface area contributed by atoms with Crippen LogP contribution in [0, 0.1) is 5.21 Å². The Balaban J connectivity index is 2.43. The van der Waals surface area contributed by atoms with Crippen molar-refractivity contribution in [2.45, 2.75) is 6.42 Å². The first-order chi connectivity index (χ1) is 4.81. The van der Waals surface area contributed by atoms with Crippen LogP contribution in [0.1, 0.15) is 6.42 Å². The average Bonchev–Trinajstić information content (AvgIpc) is 2.29. The van der Waals surface area contributed by atoms with Gasteiger partial charge < -0.3 is 9.85 Å². The monoisotopic (exact) mass is 135 g/mol. The molecule has 2 aliphatic rings. The van der Waals surface area contributed by atoms with Gasteiger partial charge in [0, 0.05) is 6.42 Å². The van der Waals surface area contributed by atoms with E-state index in [0.29, 0.717) is 6.54 Å². The molecule has 0 N–H and O–H groups in total. The Hall–Kier alpha value is -0.860. The number of nitrogens with zero attached hydrogens (tertiary/aromatic N) is 1. The Kier molecular flexibility index (Phi) is 1.07. The topological polar surface area (TPSA) is 23.1 Å². The second-order valence-electron chi connectivity index (χ2n) is 2.64. The molecule has 1 atom stereocenters. The third kappa shape index (κ3) is 0.664. The largest absolute Gasteiger partial charge is 0.622 e. The van der Waals surface area contributed by atoms with Gasteiger partial charge in [0.15, 0.2) is 0 Å². The summed E-state index contributed by atoms with van der Waals surface area (Å²) in [4.78, 5) is 0. The minimum atomic E-state index is -0.240. The lowest BCUT2D eigenvalue weighted by Gasteiger charge is -2.36. The zero-order valence-electron chi connectivity index (χ0n) is 5.66. The smallest absolute Gasteiger partial charge is 0.133 e. The van der Waals surface area contributed by atoms with Crippen molar-refractivity contribution < 1.29 is 4.65 Å². The van der Waals surface area contributed by atoms with E-state index >= 15 is 0 Å². The van der Waals surface area contributed by atoms with Crippen LogP contribution in [0.3, 0.4) is 0 Å². The highest BCUT2D eigenvalue weighted by atomic mass is 16.5. The van der Waals surface area contributed by atoms with Gasteiger partial charge in [-0.2, -0.15) is 0 Å². The molecule has 0 amide bonds. The van der Waals surface area contributed by atoms with Crippen molar-refractivity contribution in [3.8, 4) is 0 Å². The molecule has 0 aromatic carbocycles. The molecule has 0 spiro atoms. The fraction of sp³-hybridized carbons (Fsp3) is 0.250. The summed E-state index contributed by atoms with van der Waals surface area (Å²) in [6.07, 6.45) is 10.2. The summed E-state index contributed by atoms with van der Waals surface area (Å²) < 4.78 is -0.240. The lowest BCUT2D eigenvalue weighted by molar-refractivity contribution is -0.779. The van der Waals surface area contributed by atoms with Crippen LogP contribution in [0.2, 0.25) is 0 Å². The second kappa shape index (κ2) is 1.81. The Morgan fingerprint density at radius 2 is 2.30 bits per heavy atom. The number of hydrogen-bond acceptors (Lipinski definition) is 1. The number of allylic oxidation sites excluding steroid dienone is 3. The second-order valence-corrected chi connectivity index (χ2v) is 2.64. The van der Waals surface area contributed by atoms with Gasteiger partial charge in [0.25, 0.3) is 0 Å². The molecule has 52 valence electrons. The maximum absolute atomic E-state index is 11.6. The molecule has 10 heavy (non-hydrogen) atoms. The molecule has 2 heteroatoms. The molecule has 2 nitrogen and oxygen atoms in total. The minimum absolute atomic E-state index is 0.240. The molecule has 0 fully saturated rings. The van der Waals surface area contributed by atoms with Crippen LogP contribution in [0.5, 0.6) is 0 Å². The third-order valence-electron chi connectivity index (χ3n) is 1.96. The Labute approximate surface area is 59.9 Å². The van der Waals surface area contributed by atoms with E-state index in [9.17, 15) is 5.21 Å². The number of quaternary nitrogens is 1. The molecule has 0 aromatic rings. The Morgan fingerprint density at radius 3 is 3.10 bits per heavy atom. The van der Waals surface area contributed by atoms with Crippen LogP contribution in [-0.4, -0.2) is 11.2 Å². The van der Waals surface area contributed by atoms with Crippen molar-refractivity contribution in [3.63, 3.8) is 0 Å². The molecule has 0 saturated heterocycles. The van der Waals surface area contributed by atoms with Crippen LogP contribution in [0.15, 0.2) is 36.2 Å². The van der Waals surface area contributed by atoms with E-state index in [1.165, 1.54) is 0 Å². The standard InChI is InChI=1S/C8H9NO/c10-9-6-2-1-4-8(9)5-3-7-9/h1-2,4-6H,3,7H2. The summed E-state index contributed by atoms with van der Waals surface area (Å²) in [5, 5.41) is 11.6. The lowest BCUT2D eigenvalue weighted by Crippen LogP contribution is -2.32. The molecule has 2 aliphatic heterocycles. The van der Waals surface area contributed by atoms with Gasteiger partial charge in [-0.25, -0.2) is 0 Å². The highest BCUT2D eigenvalue weighted by Gasteiger charge is 2.24. The van der Waals surface area contributed by atoms with E-state index in [2.05, 4.69) is 0 Å². The summed E-state index contributed by atoms with van der Waals surface area (Å²) in [5.74, 6) is 0. The summed E-state index contributed by atoms with van der Waals surface area (Å²) in [7, 11) is 0. The predicted molar refractivity (Wildman–Crippen MR) is 39.5 cm³/mol. The molecule has 0 saturated carbocycles. The highest BCUT2D eigenvalue weighted by molar-refractivity contribution is 5.23. The van der Waals surface area contributed by atoms with Crippen molar-refractivity contribution in [3.05, 3.63) is 41.4 Å². The van der Waals surface area contributed by atoms with Gasteiger partial charge in [0.05, 0.1) is 6.54 Å². The molecular weight excluding hydrogens is 126 g/mol. The van der Waals surface area contributed by atoms with Crippen LogP contribution >= 0.6 is 0 Å². The molecule has 1 unspecified atom stereocenters. The Morgan fingerprint density at radius 1 is 1.40 bits per heavy atom. The van der Waals surface area contributed by atoms with Crippen molar-refractivity contribution in [1.29, 1.82) is 0 Å². The maximum atomic E-state index is 11.6. The Bertz CT molecular complexity index is 240. The van der Waals surface area contributed by atoms with Crippen molar-refractivity contribution >= 4 is 0 Å². The SMILES string of the molecule is [O-][N+]12C=CC=CC1=CCC2. The first-order valence-electron chi connectivity index (χ1n) is 3.47. The summed E-state index contributed by atoms with van der Waals surface area (Å²) in [5.41, 5.74) is 0.891. The lowest BCUT2D eigenvalue weighted by atomic mass is 10.3. The molecule has 0 radical (unpaired) electrons. The fourth-order valence-corrected chi connectivity index (χ4v) is 1.39. The van der Waals surface area contributed by atoms with Gasteiger partial charge in [-0.15, -0.1) is 0 Å². The van der Waals surface area contributed by atoms with Crippen molar-refractivity contribution in [2.75, 3.05) is 6.54 Å². The number of rotatable bonds is 0. The summed E-state index contributed by atoms with van der Waals surface area (Å²) >= 11 is 0. The van der Waals surface area contributed by atoms with E-state index in [-0.39, 0.29) is 4.65 Å². The van der Waals surface area contributed by atoms with Gasteiger partial charge in [-0.1, -0.05) is 6.08 Å². The molecule has 0 aliphatic carbocycles. The average molecular weight is 135 g/mol. The van der Waals surface area contributed by atoms with Gasteiger partial charge >= 0.3 is 0 Å². The first-order valence-corrected chi connectivity index (χ1v) is 3.47. The molecular formula is C8H9NO. The zero-order valence-corrected chi connectivity index (χ0v) is 5.66. The van der Waals surface area contributed by atoms with Gasteiger partial charge in [-0.3, -0.25) is 0 Å². The van der Waals surface area contributed by atoms with E-state index in [1.807, 2.05) is 24.3 Å². The van der Waals surface area contributed by atoms with E-state index in [1.54, 1.807) is 6.20 Å². The molecule has 2 rings (SSSR count). The zero-order chi connectivity index (χ0) is 7.03. The van der Waals surface area contributed by atoms with Crippen LogP contribution in [0.4, 0.5) is 0 Å². The van der Waals surface area contributed by atoms with E-state index in [4.69, 9.17) is 0 Å². The predicted octanol–water partition coefficient (Wildman–Crippen LogP) is 1.67. The summed E-state index contributed by atoms with van der Waals surface area (Å²) in [6, 6.07) is 0. The maximum Gasteiger partial charge on any atom is 0.133 e. The first kappa shape index (κ1) is 5.89. The van der Waals surface area contributed by atoms with E-state index in [0.717, 1.165) is 12.1 Å². The number of fused-ring (bicyclic) bond motifs is 1. The van der Waals surface area contributed by atoms with Gasteiger partial charge in [0.2, 0.25) is 0 Å². The molecule has 0 aromatic heterocycles. The number of hydrogen-bond donors (Lipinski definition) is 0. The number of hydroxylamine groups is 3. The fourth-order valence-electron chi connectivity index (χ4n) is 1.39. The quantitative estimate of drug-likeness (QED) is 0.366. The normalized spacial score (nSPS) is 35.9.